The summed E-state index contributed by atoms with van der Waals surface area (Å²) in [6, 6.07) is 13.2. The number of fused-ring (bicyclic) bond motifs is 2. The molecule has 1 atom stereocenters. The van der Waals surface area contributed by atoms with E-state index >= 15 is 0 Å². The highest BCUT2D eigenvalue weighted by Gasteiger charge is 2.17. The highest BCUT2D eigenvalue weighted by atomic mass is 16.7. The van der Waals surface area contributed by atoms with Crippen molar-refractivity contribution in [3.05, 3.63) is 53.9 Å². The van der Waals surface area contributed by atoms with Gasteiger partial charge < -0.3 is 19.6 Å². The lowest BCUT2D eigenvalue weighted by molar-refractivity contribution is 0.174. The molecule has 1 aromatic heterocycles. The minimum Gasteiger partial charge on any atom is -0.454 e. The van der Waals surface area contributed by atoms with E-state index in [1.165, 1.54) is 0 Å². The van der Waals surface area contributed by atoms with E-state index in [1.54, 1.807) is 0 Å². The summed E-state index contributed by atoms with van der Waals surface area (Å²) in [6.45, 7) is 0.263. The zero-order valence-electron chi connectivity index (χ0n) is 11.3. The second-order valence-corrected chi connectivity index (χ2v) is 5.00. The first-order chi connectivity index (χ1) is 10.3. The standard InChI is InChI=1S/C16H14N2O3/c17-11(10-5-6-14-15(7-10)20-9-19-14)8-16-18-12-3-1-2-4-13(12)21-16/h1-7,11H,8-9,17H2. The van der Waals surface area contributed by atoms with Crippen LogP contribution >= 0.6 is 0 Å². The molecule has 2 heterocycles. The van der Waals surface area contributed by atoms with Crippen LogP contribution in [0.1, 0.15) is 17.5 Å². The molecule has 3 aromatic rings. The van der Waals surface area contributed by atoms with Gasteiger partial charge in [-0.1, -0.05) is 18.2 Å². The van der Waals surface area contributed by atoms with Crippen LogP contribution in [0.2, 0.25) is 0 Å². The molecule has 0 amide bonds. The lowest BCUT2D eigenvalue weighted by Gasteiger charge is -2.10. The molecular weight excluding hydrogens is 268 g/mol. The van der Waals surface area contributed by atoms with Crippen molar-refractivity contribution in [2.75, 3.05) is 6.79 Å². The predicted octanol–water partition coefficient (Wildman–Crippen LogP) is 2.80. The molecule has 0 saturated heterocycles. The molecule has 0 spiro atoms. The molecule has 0 bridgehead atoms. The topological polar surface area (TPSA) is 70.5 Å². The molecule has 2 aromatic carbocycles. The van der Waals surface area contributed by atoms with Gasteiger partial charge in [-0.05, 0) is 29.8 Å². The van der Waals surface area contributed by atoms with Crippen molar-refractivity contribution in [1.29, 1.82) is 0 Å². The van der Waals surface area contributed by atoms with Gasteiger partial charge in [0.1, 0.15) is 5.52 Å². The number of nitrogens with two attached hydrogens (primary N) is 1. The minimum absolute atomic E-state index is 0.201. The van der Waals surface area contributed by atoms with Crippen LogP contribution in [-0.4, -0.2) is 11.8 Å². The Hall–Kier alpha value is -2.53. The van der Waals surface area contributed by atoms with Gasteiger partial charge in [-0.25, -0.2) is 4.98 Å². The van der Waals surface area contributed by atoms with E-state index in [2.05, 4.69) is 4.98 Å². The van der Waals surface area contributed by atoms with Crippen LogP contribution in [0.25, 0.3) is 11.1 Å². The van der Waals surface area contributed by atoms with Gasteiger partial charge >= 0.3 is 0 Å². The molecule has 0 saturated carbocycles. The van der Waals surface area contributed by atoms with Gasteiger partial charge in [0.25, 0.3) is 0 Å². The minimum atomic E-state index is -0.201. The van der Waals surface area contributed by atoms with E-state index in [0.29, 0.717) is 12.3 Å². The number of hydrogen-bond acceptors (Lipinski definition) is 5. The Bertz CT molecular complexity index is 764. The Morgan fingerprint density at radius 2 is 1.95 bits per heavy atom. The largest absolute Gasteiger partial charge is 0.454 e. The SMILES string of the molecule is NC(Cc1nc2ccccc2o1)c1ccc2c(c1)OCO2. The third kappa shape index (κ3) is 2.21. The van der Waals surface area contributed by atoms with Crippen LogP contribution in [-0.2, 0) is 6.42 Å². The molecule has 2 N–H and O–H groups in total. The van der Waals surface area contributed by atoms with Gasteiger partial charge in [0.15, 0.2) is 23.0 Å². The van der Waals surface area contributed by atoms with Crippen LogP contribution < -0.4 is 15.2 Å². The molecule has 1 aliphatic rings. The third-order valence-electron chi connectivity index (χ3n) is 3.56. The summed E-state index contributed by atoms with van der Waals surface area (Å²) in [4.78, 5) is 4.45. The van der Waals surface area contributed by atoms with E-state index in [4.69, 9.17) is 19.6 Å². The lowest BCUT2D eigenvalue weighted by atomic mass is 10.0. The summed E-state index contributed by atoms with van der Waals surface area (Å²) in [7, 11) is 0. The molecule has 106 valence electrons. The Labute approximate surface area is 121 Å². The molecule has 1 aliphatic heterocycles. The Morgan fingerprint density at radius 3 is 2.86 bits per heavy atom. The third-order valence-corrected chi connectivity index (χ3v) is 3.56. The fourth-order valence-electron chi connectivity index (χ4n) is 2.46. The smallest absolute Gasteiger partial charge is 0.231 e. The zero-order chi connectivity index (χ0) is 14.2. The number of hydrogen-bond donors (Lipinski definition) is 1. The lowest BCUT2D eigenvalue weighted by Crippen LogP contribution is -2.13. The first kappa shape index (κ1) is 12.2. The predicted molar refractivity (Wildman–Crippen MR) is 77.2 cm³/mol. The van der Waals surface area contributed by atoms with E-state index in [1.807, 2.05) is 42.5 Å². The fourth-order valence-corrected chi connectivity index (χ4v) is 2.46. The summed E-state index contributed by atoms with van der Waals surface area (Å²) in [5.74, 6) is 2.13. The van der Waals surface area contributed by atoms with Gasteiger partial charge in [-0.2, -0.15) is 0 Å². The summed E-state index contributed by atoms with van der Waals surface area (Å²) < 4.78 is 16.4. The second-order valence-electron chi connectivity index (χ2n) is 5.00. The van der Waals surface area contributed by atoms with Crippen LogP contribution in [0.4, 0.5) is 0 Å². The second kappa shape index (κ2) is 4.79. The summed E-state index contributed by atoms with van der Waals surface area (Å²) in [6.07, 6.45) is 0.536. The number of oxazole rings is 1. The monoisotopic (exact) mass is 282 g/mol. The average Bonchev–Trinajstić information content (AvgIpc) is 3.11. The number of ether oxygens (including phenoxy) is 2. The van der Waals surface area contributed by atoms with E-state index in [0.717, 1.165) is 28.2 Å². The van der Waals surface area contributed by atoms with Crippen molar-refractivity contribution in [3.63, 3.8) is 0 Å². The maximum Gasteiger partial charge on any atom is 0.231 e. The van der Waals surface area contributed by atoms with Gasteiger partial charge in [0, 0.05) is 12.5 Å². The summed E-state index contributed by atoms with van der Waals surface area (Å²) in [5, 5.41) is 0. The molecule has 4 rings (SSSR count). The van der Waals surface area contributed by atoms with E-state index < -0.39 is 0 Å². The normalized spacial score (nSPS) is 14.5. The fraction of sp³-hybridized carbons (Fsp3) is 0.188. The number of nitrogens with zero attached hydrogens (tertiary/aromatic N) is 1. The number of para-hydroxylation sites is 2. The Kier molecular flexibility index (Phi) is 2.79. The number of aromatic nitrogens is 1. The average molecular weight is 282 g/mol. The number of benzene rings is 2. The van der Waals surface area contributed by atoms with Gasteiger partial charge in [-0.15, -0.1) is 0 Å². The highest BCUT2D eigenvalue weighted by molar-refractivity contribution is 5.72. The van der Waals surface area contributed by atoms with E-state index in [9.17, 15) is 0 Å². The highest BCUT2D eigenvalue weighted by Crippen LogP contribution is 2.34. The summed E-state index contributed by atoms with van der Waals surface area (Å²) in [5.41, 5.74) is 8.86. The van der Waals surface area contributed by atoms with Gasteiger partial charge in [0.05, 0.1) is 0 Å². The van der Waals surface area contributed by atoms with Crippen molar-refractivity contribution in [3.8, 4) is 11.5 Å². The van der Waals surface area contributed by atoms with E-state index in [-0.39, 0.29) is 12.8 Å². The molecule has 5 heteroatoms. The van der Waals surface area contributed by atoms with Crippen molar-refractivity contribution in [2.45, 2.75) is 12.5 Å². The molecule has 0 radical (unpaired) electrons. The van der Waals surface area contributed by atoms with Crippen molar-refractivity contribution in [2.24, 2.45) is 5.73 Å². The van der Waals surface area contributed by atoms with Crippen LogP contribution in [0.15, 0.2) is 46.9 Å². The van der Waals surface area contributed by atoms with Crippen molar-refractivity contribution >= 4 is 11.1 Å². The zero-order valence-corrected chi connectivity index (χ0v) is 11.3. The maximum atomic E-state index is 6.25. The first-order valence-electron chi connectivity index (χ1n) is 6.79. The van der Waals surface area contributed by atoms with Gasteiger partial charge in [0.2, 0.25) is 6.79 Å². The molecule has 0 aliphatic carbocycles. The van der Waals surface area contributed by atoms with Gasteiger partial charge in [-0.3, -0.25) is 0 Å². The molecule has 21 heavy (non-hydrogen) atoms. The number of rotatable bonds is 3. The van der Waals surface area contributed by atoms with Crippen LogP contribution in [0, 0.1) is 0 Å². The molecule has 5 nitrogen and oxygen atoms in total. The summed E-state index contributed by atoms with van der Waals surface area (Å²) >= 11 is 0. The Balaban J connectivity index is 1.58. The van der Waals surface area contributed by atoms with Crippen molar-refractivity contribution in [1.82, 2.24) is 4.98 Å². The quantitative estimate of drug-likeness (QED) is 0.799. The maximum absolute atomic E-state index is 6.25. The molecule has 1 unspecified atom stereocenters. The van der Waals surface area contributed by atoms with Crippen molar-refractivity contribution < 1.29 is 13.9 Å². The Morgan fingerprint density at radius 1 is 1.10 bits per heavy atom. The molecule has 0 fully saturated rings. The van der Waals surface area contributed by atoms with Crippen LogP contribution in [0.5, 0.6) is 11.5 Å². The first-order valence-corrected chi connectivity index (χ1v) is 6.79. The molecular formula is C16H14N2O3. The van der Waals surface area contributed by atoms with Crippen LogP contribution in [0.3, 0.4) is 0 Å².